The van der Waals surface area contributed by atoms with Crippen LogP contribution >= 0.6 is 0 Å². The summed E-state index contributed by atoms with van der Waals surface area (Å²) in [5.41, 5.74) is -0.779. The highest BCUT2D eigenvalue weighted by Crippen LogP contribution is 2.36. The zero-order chi connectivity index (χ0) is 13.9. The summed E-state index contributed by atoms with van der Waals surface area (Å²) in [5.74, 6) is -1.19. The van der Waals surface area contributed by atoms with Gasteiger partial charge < -0.3 is 4.90 Å². The Labute approximate surface area is 104 Å². The van der Waals surface area contributed by atoms with Gasteiger partial charge in [-0.2, -0.15) is 13.2 Å². The van der Waals surface area contributed by atoms with E-state index in [9.17, 15) is 17.6 Å². The molecule has 18 heavy (non-hydrogen) atoms. The van der Waals surface area contributed by atoms with Gasteiger partial charge in [-0.1, -0.05) is 13.3 Å². The molecule has 1 aromatic rings. The second-order valence-corrected chi connectivity index (χ2v) is 4.42. The van der Waals surface area contributed by atoms with Crippen LogP contribution in [0.15, 0.2) is 12.1 Å². The number of unbranched alkanes of at least 4 members (excludes halogenated alkanes) is 1. The third kappa shape index (κ3) is 3.37. The lowest BCUT2D eigenvalue weighted by molar-refractivity contribution is -0.139. The van der Waals surface area contributed by atoms with Crippen LogP contribution in [0.25, 0.3) is 0 Å². The van der Waals surface area contributed by atoms with Crippen molar-refractivity contribution in [2.24, 2.45) is 0 Å². The first kappa shape index (κ1) is 14.8. The van der Waals surface area contributed by atoms with Crippen molar-refractivity contribution in [3.8, 4) is 0 Å². The molecule has 5 heteroatoms. The maximum absolute atomic E-state index is 13.9. The fraction of sp³-hybridized carbons (Fsp3) is 0.538. The summed E-state index contributed by atoms with van der Waals surface area (Å²) in [7, 11) is 1.60. The molecule has 0 fully saturated rings. The Morgan fingerprint density at radius 1 is 1.22 bits per heavy atom. The molecule has 0 N–H and O–H groups in total. The van der Waals surface area contributed by atoms with Gasteiger partial charge in [0.25, 0.3) is 0 Å². The van der Waals surface area contributed by atoms with Gasteiger partial charge in [0, 0.05) is 13.6 Å². The molecule has 0 saturated heterocycles. The molecule has 0 aromatic heterocycles. The van der Waals surface area contributed by atoms with Crippen LogP contribution < -0.4 is 4.90 Å². The first-order chi connectivity index (χ1) is 8.27. The van der Waals surface area contributed by atoms with Gasteiger partial charge >= 0.3 is 6.18 Å². The third-order valence-corrected chi connectivity index (χ3v) is 2.76. The largest absolute Gasteiger partial charge is 0.419 e. The van der Waals surface area contributed by atoms with Gasteiger partial charge in [0.1, 0.15) is 0 Å². The minimum absolute atomic E-state index is 0.00998. The normalized spacial score (nSPS) is 11.7. The number of nitrogens with zero attached hydrogens (tertiary/aromatic N) is 1. The average molecular weight is 263 g/mol. The van der Waals surface area contributed by atoms with E-state index in [2.05, 4.69) is 0 Å². The zero-order valence-corrected chi connectivity index (χ0v) is 10.7. The standard InChI is InChI=1S/C13H17F4N/c1-4-5-6-18(3)11-8-9(2)7-10(12(11)14)13(15,16)17/h7-8H,4-6H2,1-3H3. The van der Waals surface area contributed by atoms with E-state index >= 15 is 0 Å². The minimum atomic E-state index is -4.66. The molecule has 0 radical (unpaired) electrons. The van der Waals surface area contributed by atoms with Crippen molar-refractivity contribution in [3.05, 3.63) is 29.1 Å². The van der Waals surface area contributed by atoms with Gasteiger partial charge in [-0.25, -0.2) is 4.39 Å². The molecule has 0 spiro atoms. The van der Waals surface area contributed by atoms with E-state index in [0.717, 1.165) is 18.9 Å². The molecule has 0 amide bonds. The number of benzene rings is 1. The van der Waals surface area contributed by atoms with Crippen molar-refractivity contribution < 1.29 is 17.6 Å². The van der Waals surface area contributed by atoms with Crippen molar-refractivity contribution >= 4 is 5.69 Å². The van der Waals surface area contributed by atoms with Gasteiger partial charge in [0.2, 0.25) is 0 Å². The van der Waals surface area contributed by atoms with Crippen LogP contribution in [-0.4, -0.2) is 13.6 Å². The SMILES string of the molecule is CCCCN(C)c1cc(C)cc(C(F)(F)F)c1F. The minimum Gasteiger partial charge on any atom is -0.372 e. The second-order valence-electron chi connectivity index (χ2n) is 4.42. The van der Waals surface area contributed by atoms with Gasteiger partial charge in [-0.3, -0.25) is 0 Å². The zero-order valence-electron chi connectivity index (χ0n) is 10.7. The predicted molar refractivity (Wildman–Crippen MR) is 64.3 cm³/mol. The molecule has 1 aromatic carbocycles. The number of hydrogen-bond donors (Lipinski definition) is 0. The Balaban J connectivity index is 3.17. The van der Waals surface area contributed by atoms with Crippen LogP contribution in [0.3, 0.4) is 0 Å². The highest BCUT2D eigenvalue weighted by atomic mass is 19.4. The smallest absolute Gasteiger partial charge is 0.372 e. The Hall–Kier alpha value is -1.26. The maximum atomic E-state index is 13.9. The van der Waals surface area contributed by atoms with Gasteiger partial charge in [-0.15, -0.1) is 0 Å². The average Bonchev–Trinajstić information content (AvgIpc) is 2.27. The van der Waals surface area contributed by atoms with Crippen molar-refractivity contribution in [1.29, 1.82) is 0 Å². The van der Waals surface area contributed by atoms with E-state index in [-0.39, 0.29) is 5.69 Å². The molecule has 1 nitrogen and oxygen atoms in total. The van der Waals surface area contributed by atoms with E-state index in [4.69, 9.17) is 0 Å². The molecular formula is C13H17F4N. The predicted octanol–water partition coefficient (Wildman–Crippen LogP) is 4.39. The Bertz CT molecular complexity index is 412. The van der Waals surface area contributed by atoms with Crippen molar-refractivity contribution in [3.63, 3.8) is 0 Å². The summed E-state index contributed by atoms with van der Waals surface area (Å²) < 4.78 is 51.9. The quantitative estimate of drug-likeness (QED) is 0.728. The highest BCUT2D eigenvalue weighted by molar-refractivity contribution is 5.52. The van der Waals surface area contributed by atoms with Crippen LogP contribution in [0.5, 0.6) is 0 Å². The lowest BCUT2D eigenvalue weighted by Crippen LogP contribution is -2.21. The van der Waals surface area contributed by atoms with Crippen LogP contribution in [-0.2, 0) is 6.18 Å². The number of aryl methyl sites for hydroxylation is 1. The van der Waals surface area contributed by atoms with E-state index in [1.807, 2.05) is 6.92 Å². The van der Waals surface area contributed by atoms with Gasteiger partial charge in [0.05, 0.1) is 11.3 Å². The fourth-order valence-corrected chi connectivity index (χ4v) is 1.75. The number of rotatable bonds is 4. The fourth-order valence-electron chi connectivity index (χ4n) is 1.75. The van der Waals surface area contributed by atoms with E-state index in [1.54, 1.807) is 7.05 Å². The molecule has 102 valence electrons. The van der Waals surface area contributed by atoms with Crippen LogP contribution in [0.2, 0.25) is 0 Å². The van der Waals surface area contributed by atoms with Crippen molar-refractivity contribution in [1.82, 2.24) is 0 Å². The lowest BCUT2D eigenvalue weighted by Gasteiger charge is -2.22. The molecule has 0 unspecified atom stereocenters. The van der Waals surface area contributed by atoms with E-state index in [0.29, 0.717) is 12.1 Å². The second kappa shape index (κ2) is 5.59. The molecule has 0 aliphatic heterocycles. The topological polar surface area (TPSA) is 3.24 Å². The molecular weight excluding hydrogens is 246 g/mol. The monoisotopic (exact) mass is 263 g/mol. The van der Waals surface area contributed by atoms with Crippen molar-refractivity contribution in [2.45, 2.75) is 32.9 Å². The van der Waals surface area contributed by atoms with E-state index in [1.165, 1.54) is 17.9 Å². The van der Waals surface area contributed by atoms with Crippen LogP contribution in [0.4, 0.5) is 23.2 Å². The summed E-state index contributed by atoms with van der Waals surface area (Å²) >= 11 is 0. The lowest BCUT2D eigenvalue weighted by atomic mass is 10.1. The maximum Gasteiger partial charge on any atom is 0.419 e. The number of hydrogen-bond acceptors (Lipinski definition) is 1. The summed E-state index contributed by atoms with van der Waals surface area (Å²) in [6, 6.07) is 2.28. The number of anilines is 1. The molecule has 0 saturated carbocycles. The summed E-state index contributed by atoms with van der Waals surface area (Å²) in [4.78, 5) is 1.53. The Morgan fingerprint density at radius 3 is 2.33 bits per heavy atom. The summed E-state index contributed by atoms with van der Waals surface area (Å²) in [6.07, 6.45) is -2.94. The molecule has 0 aliphatic rings. The molecule has 0 heterocycles. The molecule has 0 atom stereocenters. The molecule has 0 aliphatic carbocycles. The summed E-state index contributed by atoms with van der Waals surface area (Å²) in [6.45, 7) is 4.04. The number of halogens is 4. The molecule has 1 rings (SSSR count). The van der Waals surface area contributed by atoms with Crippen LogP contribution in [0.1, 0.15) is 30.9 Å². The van der Waals surface area contributed by atoms with Gasteiger partial charge in [-0.05, 0) is 31.0 Å². The Morgan fingerprint density at radius 2 is 1.83 bits per heavy atom. The first-order valence-corrected chi connectivity index (χ1v) is 5.85. The van der Waals surface area contributed by atoms with Gasteiger partial charge in [0.15, 0.2) is 5.82 Å². The number of alkyl halides is 3. The Kier molecular flexibility index (Phi) is 4.59. The summed E-state index contributed by atoms with van der Waals surface area (Å²) in [5, 5.41) is 0. The van der Waals surface area contributed by atoms with Crippen molar-refractivity contribution in [2.75, 3.05) is 18.5 Å². The third-order valence-electron chi connectivity index (χ3n) is 2.76. The molecule has 0 bridgehead atoms. The van der Waals surface area contributed by atoms with Crippen LogP contribution in [0, 0.1) is 12.7 Å². The highest BCUT2D eigenvalue weighted by Gasteiger charge is 2.35. The van der Waals surface area contributed by atoms with E-state index < -0.39 is 17.6 Å². The first-order valence-electron chi connectivity index (χ1n) is 5.85.